The highest BCUT2D eigenvalue weighted by Gasteiger charge is 2.15. The maximum absolute atomic E-state index is 12.6. The number of halogens is 1. The summed E-state index contributed by atoms with van der Waals surface area (Å²) in [4.78, 5) is 25.2. The highest BCUT2D eigenvalue weighted by Crippen LogP contribution is 2.32. The van der Waals surface area contributed by atoms with E-state index in [0.717, 1.165) is 12.8 Å². The van der Waals surface area contributed by atoms with Gasteiger partial charge in [0, 0.05) is 23.4 Å². The third-order valence-electron chi connectivity index (χ3n) is 5.44. The number of Topliss-reactive ketones (excluding diaryl/α,β-unsaturated/α-hetero) is 1. The summed E-state index contributed by atoms with van der Waals surface area (Å²) < 4.78 is 5.87. The standard InChI is InChI=1S/C26H24ClNO3/c27-21-12-14-25(31-22-8-2-1-3-9-22)23(17-21)28-26(30)15-13-24(29)20-11-10-18-6-4-5-7-19(18)16-20/h1-3,8-12,14,16-17H,4-7,13,15H2,(H,28,30). The van der Waals surface area contributed by atoms with Crippen molar-refractivity contribution in [3.63, 3.8) is 0 Å². The van der Waals surface area contributed by atoms with Crippen LogP contribution in [0.25, 0.3) is 0 Å². The third kappa shape index (κ3) is 5.53. The van der Waals surface area contributed by atoms with E-state index in [4.69, 9.17) is 16.3 Å². The fraction of sp³-hybridized carbons (Fsp3) is 0.231. The summed E-state index contributed by atoms with van der Waals surface area (Å²) in [6, 6.07) is 20.3. The Hall–Kier alpha value is -3.11. The van der Waals surface area contributed by atoms with Crippen molar-refractivity contribution in [1.29, 1.82) is 0 Å². The van der Waals surface area contributed by atoms with Crippen molar-refractivity contribution in [2.75, 3.05) is 5.32 Å². The van der Waals surface area contributed by atoms with E-state index in [2.05, 4.69) is 11.4 Å². The number of fused-ring (bicyclic) bond motifs is 1. The van der Waals surface area contributed by atoms with Crippen LogP contribution in [0.5, 0.6) is 11.5 Å². The molecule has 4 rings (SSSR count). The van der Waals surface area contributed by atoms with Gasteiger partial charge in [0.2, 0.25) is 5.91 Å². The number of rotatable bonds is 7. The lowest BCUT2D eigenvalue weighted by atomic mass is 9.89. The number of anilines is 1. The monoisotopic (exact) mass is 433 g/mol. The topological polar surface area (TPSA) is 55.4 Å². The number of hydrogen-bond acceptors (Lipinski definition) is 3. The Bertz CT molecular complexity index is 1100. The molecule has 3 aromatic carbocycles. The Labute approximate surface area is 187 Å². The number of carbonyl (C=O) groups excluding carboxylic acids is 2. The van der Waals surface area contributed by atoms with Crippen LogP contribution in [0.4, 0.5) is 5.69 Å². The van der Waals surface area contributed by atoms with Gasteiger partial charge in [-0.15, -0.1) is 0 Å². The Kier molecular flexibility index (Phi) is 6.68. The molecule has 4 nitrogen and oxygen atoms in total. The molecule has 0 radical (unpaired) electrons. The summed E-state index contributed by atoms with van der Waals surface area (Å²) in [6.07, 6.45) is 4.72. The molecule has 1 amide bonds. The maximum atomic E-state index is 12.6. The number of ketones is 1. The molecule has 0 atom stereocenters. The molecule has 0 spiro atoms. The van der Waals surface area contributed by atoms with Gasteiger partial charge in [0.1, 0.15) is 5.75 Å². The molecule has 0 fully saturated rings. The zero-order valence-electron chi connectivity index (χ0n) is 17.2. The molecule has 0 aromatic heterocycles. The van der Waals surface area contributed by atoms with Crippen LogP contribution in [-0.2, 0) is 17.6 Å². The first-order valence-corrected chi connectivity index (χ1v) is 10.9. The predicted molar refractivity (Wildman–Crippen MR) is 123 cm³/mol. The van der Waals surface area contributed by atoms with Crippen molar-refractivity contribution in [1.82, 2.24) is 0 Å². The third-order valence-corrected chi connectivity index (χ3v) is 5.67. The molecule has 1 aliphatic carbocycles. The number of carbonyl (C=O) groups is 2. The molecule has 0 bridgehead atoms. The smallest absolute Gasteiger partial charge is 0.224 e. The second-order valence-corrected chi connectivity index (χ2v) is 8.15. The van der Waals surface area contributed by atoms with Crippen LogP contribution in [0.15, 0.2) is 66.7 Å². The molecule has 31 heavy (non-hydrogen) atoms. The molecular weight excluding hydrogens is 410 g/mol. The molecule has 158 valence electrons. The molecular formula is C26H24ClNO3. The summed E-state index contributed by atoms with van der Waals surface area (Å²) in [7, 11) is 0. The van der Waals surface area contributed by atoms with Crippen LogP contribution in [0.2, 0.25) is 5.02 Å². The van der Waals surface area contributed by atoms with Crippen LogP contribution in [0.3, 0.4) is 0 Å². The molecule has 0 heterocycles. The van der Waals surface area contributed by atoms with Gasteiger partial charge in [-0.2, -0.15) is 0 Å². The van der Waals surface area contributed by atoms with Crippen LogP contribution in [0, 0.1) is 0 Å². The molecule has 5 heteroatoms. The minimum absolute atomic E-state index is 0.0182. The first-order chi connectivity index (χ1) is 15.1. The zero-order chi connectivity index (χ0) is 21.6. The van der Waals surface area contributed by atoms with Crippen LogP contribution in [0.1, 0.15) is 47.2 Å². The minimum Gasteiger partial charge on any atom is -0.455 e. The van der Waals surface area contributed by atoms with Crippen LogP contribution < -0.4 is 10.1 Å². The SMILES string of the molecule is O=C(CCC(=O)c1ccc2c(c1)CCCC2)Nc1cc(Cl)ccc1Oc1ccccc1. The Balaban J connectivity index is 1.38. The lowest BCUT2D eigenvalue weighted by molar-refractivity contribution is -0.116. The summed E-state index contributed by atoms with van der Waals surface area (Å²) in [5, 5.41) is 3.31. The van der Waals surface area contributed by atoms with Gasteiger partial charge in [0.05, 0.1) is 5.69 Å². The first kappa shape index (κ1) is 21.1. The van der Waals surface area contributed by atoms with E-state index in [9.17, 15) is 9.59 Å². The number of para-hydroxylation sites is 1. The van der Waals surface area contributed by atoms with Gasteiger partial charge in [-0.25, -0.2) is 0 Å². The minimum atomic E-state index is -0.258. The van der Waals surface area contributed by atoms with E-state index < -0.39 is 0 Å². The molecule has 3 aromatic rings. The number of benzene rings is 3. The normalized spacial score (nSPS) is 12.7. The number of hydrogen-bond donors (Lipinski definition) is 1. The molecule has 0 unspecified atom stereocenters. The van der Waals surface area contributed by atoms with Crippen molar-refractivity contribution < 1.29 is 14.3 Å². The van der Waals surface area contributed by atoms with E-state index >= 15 is 0 Å². The quantitative estimate of drug-likeness (QED) is 0.426. The van der Waals surface area contributed by atoms with E-state index in [0.29, 0.717) is 27.8 Å². The number of aryl methyl sites for hydroxylation is 2. The predicted octanol–water partition coefficient (Wildman–Crippen LogP) is 6.61. The lowest BCUT2D eigenvalue weighted by Crippen LogP contribution is -2.14. The van der Waals surface area contributed by atoms with E-state index in [1.54, 1.807) is 18.2 Å². The highest BCUT2D eigenvalue weighted by atomic mass is 35.5. The summed E-state index contributed by atoms with van der Waals surface area (Å²) in [5.74, 6) is 0.870. The molecule has 1 aliphatic rings. The fourth-order valence-electron chi connectivity index (χ4n) is 3.80. The van der Waals surface area contributed by atoms with Gasteiger partial charge < -0.3 is 10.1 Å². The second kappa shape index (κ2) is 9.80. The maximum Gasteiger partial charge on any atom is 0.224 e. The fourth-order valence-corrected chi connectivity index (χ4v) is 3.97. The molecule has 0 aliphatic heterocycles. The Morgan fingerprint density at radius 1 is 0.871 bits per heavy atom. The summed E-state index contributed by atoms with van der Waals surface area (Å²) in [5.41, 5.74) is 3.77. The van der Waals surface area contributed by atoms with Gasteiger partial charge >= 0.3 is 0 Å². The molecule has 0 saturated heterocycles. The van der Waals surface area contributed by atoms with Gasteiger partial charge in [-0.05, 0) is 73.2 Å². The lowest BCUT2D eigenvalue weighted by Gasteiger charge is -2.16. The van der Waals surface area contributed by atoms with Gasteiger partial charge in [0.25, 0.3) is 0 Å². The Morgan fingerprint density at radius 3 is 2.45 bits per heavy atom. The summed E-state index contributed by atoms with van der Waals surface area (Å²) >= 11 is 6.11. The van der Waals surface area contributed by atoms with Gasteiger partial charge in [-0.1, -0.05) is 41.9 Å². The largest absolute Gasteiger partial charge is 0.455 e. The second-order valence-electron chi connectivity index (χ2n) is 7.72. The van der Waals surface area contributed by atoms with Gasteiger partial charge in [-0.3, -0.25) is 9.59 Å². The zero-order valence-corrected chi connectivity index (χ0v) is 18.0. The van der Waals surface area contributed by atoms with Crippen LogP contribution >= 0.6 is 11.6 Å². The molecule has 0 saturated carbocycles. The van der Waals surface area contributed by atoms with Crippen molar-refractivity contribution in [2.24, 2.45) is 0 Å². The van der Waals surface area contributed by atoms with Crippen molar-refractivity contribution in [3.8, 4) is 11.5 Å². The van der Waals surface area contributed by atoms with E-state index in [1.165, 1.54) is 24.0 Å². The highest BCUT2D eigenvalue weighted by molar-refractivity contribution is 6.31. The average molecular weight is 434 g/mol. The van der Waals surface area contributed by atoms with E-state index in [-0.39, 0.29) is 24.5 Å². The van der Waals surface area contributed by atoms with Crippen molar-refractivity contribution >= 4 is 29.0 Å². The number of amides is 1. The van der Waals surface area contributed by atoms with Crippen molar-refractivity contribution in [2.45, 2.75) is 38.5 Å². The first-order valence-electron chi connectivity index (χ1n) is 10.6. The van der Waals surface area contributed by atoms with Gasteiger partial charge in [0.15, 0.2) is 11.5 Å². The van der Waals surface area contributed by atoms with Crippen LogP contribution in [-0.4, -0.2) is 11.7 Å². The summed E-state index contributed by atoms with van der Waals surface area (Å²) in [6.45, 7) is 0. The number of ether oxygens (including phenoxy) is 1. The van der Waals surface area contributed by atoms with Crippen molar-refractivity contribution in [3.05, 3.63) is 88.4 Å². The number of nitrogens with one attached hydrogen (secondary N) is 1. The average Bonchev–Trinajstić information content (AvgIpc) is 2.79. The molecule has 1 N–H and O–H groups in total. The Morgan fingerprint density at radius 2 is 1.65 bits per heavy atom. The van der Waals surface area contributed by atoms with E-state index in [1.807, 2.05) is 42.5 Å².